The molecule has 0 saturated heterocycles. The van der Waals surface area contributed by atoms with Crippen LogP contribution in [0.1, 0.15) is 5.56 Å². The van der Waals surface area contributed by atoms with E-state index in [1.807, 2.05) is 24.3 Å². The second-order valence-corrected chi connectivity index (χ2v) is 3.93. The summed E-state index contributed by atoms with van der Waals surface area (Å²) in [6, 6.07) is 7.13. The molecule has 0 bridgehead atoms. The van der Waals surface area contributed by atoms with Gasteiger partial charge in [-0.2, -0.15) is 0 Å². The Hall–Kier alpha value is -0.870. The minimum absolute atomic E-state index is 0.491. The van der Waals surface area contributed by atoms with Crippen LogP contribution in [0.25, 0.3) is 0 Å². The molecule has 76 valence electrons. The smallest absolute Gasteiger partial charge is 0.321 e. The highest BCUT2D eigenvalue weighted by Crippen LogP contribution is 2.13. The first kappa shape index (κ1) is 11.2. The first-order valence-electron chi connectivity index (χ1n) is 4.28. The minimum atomic E-state index is -0.826. The summed E-state index contributed by atoms with van der Waals surface area (Å²) in [6.07, 6.45) is 0.491. The average Bonchev–Trinajstić information content (AvgIpc) is 2.14. The number of hydrogen-bond acceptors (Lipinski definition) is 2. The summed E-state index contributed by atoms with van der Waals surface area (Å²) >= 11 is 3.34. The fourth-order valence-electron chi connectivity index (χ4n) is 1.21. The standard InChI is InChI=1S/C10H12BrNO2/c1-12-9(10(13)14)6-7-3-2-4-8(11)5-7/h2-5,9,12H,6H2,1H3,(H,13,14)/t9-/m0/s1. The number of carboxylic acids is 1. The maximum atomic E-state index is 10.7. The largest absolute Gasteiger partial charge is 0.480 e. The lowest BCUT2D eigenvalue weighted by Gasteiger charge is -2.10. The zero-order chi connectivity index (χ0) is 10.6. The van der Waals surface area contributed by atoms with Crippen molar-refractivity contribution in [3.05, 3.63) is 34.3 Å². The van der Waals surface area contributed by atoms with Gasteiger partial charge in [-0.15, -0.1) is 0 Å². The quantitative estimate of drug-likeness (QED) is 0.863. The highest BCUT2D eigenvalue weighted by molar-refractivity contribution is 9.10. The molecule has 4 heteroatoms. The molecular weight excluding hydrogens is 246 g/mol. The van der Waals surface area contributed by atoms with Crippen LogP contribution in [-0.4, -0.2) is 24.2 Å². The van der Waals surface area contributed by atoms with Crippen molar-refractivity contribution in [1.82, 2.24) is 5.32 Å². The molecule has 0 amide bonds. The molecule has 0 fully saturated rings. The number of carboxylic acid groups (broad SMARTS) is 1. The number of nitrogens with one attached hydrogen (secondary N) is 1. The maximum Gasteiger partial charge on any atom is 0.321 e. The third-order valence-corrected chi connectivity index (χ3v) is 2.47. The fourth-order valence-corrected chi connectivity index (χ4v) is 1.66. The molecule has 0 unspecified atom stereocenters. The van der Waals surface area contributed by atoms with Gasteiger partial charge in [0, 0.05) is 4.47 Å². The van der Waals surface area contributed by atoms with Crippen LogP contribution in [0.4, 0.5) is 0 Å². The Morgan fingerprint density at radius 1 is 1.64 bits per heavy atom. The van der Waals surface area contributed by atoms with Crippen molar-refractivity contribution in [3.63, 3.8) is 0 Å². The Morgan fingerprint density at radius 2 is 2.36 bits per heavy atom. The number of likely N-dealkylation sites (N-methyl/N-ethyl adjacent to an activating group) is 1. The molecule has 1 aromatic carbocycles. The number of carbonyl (C=O) groups is 1. The van der Waals surface area contributed by atoms with Crippen molar-refractivity contribution >= 4 is 21.9 Å². The van der Waals surface area contributed by atoms with E-state index < -0.39 is 12.0 Å². The van der Waals surface area contributed by atoms with Gasteiger partial charge < -0.3 is 10.4 Å². The number of rotatable bonds is 4. The van der Waals surface area contributed by atoms with Gasteiger partial charge >= 0.3 is 5.97 Å². The van der Waals surface area contributed by atoms with E-state index in [-0.39, 0.29) is 0 Å². The lowest BCUT2D eigenvalue weighted by atomic mass is 10.1. The first-order valence-corrected chi connectivity index (χ1v) is 5.07. The molecular formula is C10H12BrNO2. The molecule has 0 radical (unpaired) electrons. The SMILES string of the molecule is CN[C@@H](Cc1cccc(Br)c1)C(=O)O. The van der Waals surface area contributed by atoms with Crippen molar-refractivity contribution in [2.75, 3.05) is 7.05 Å². The van der Waals surface area contributed by atoms with Crippen LogP contribution in [-0.2, 0) is 11.2 Å². The first-order chi connectivity index (χ1) is 6.63. The summed E-state index contributed by atoms with van der Waals surface area (Å²) in [7, 11) is 1.65. The number of aliphatic carboxylic acids is 1. The monoisotopic (exact) mass is 257 g/mol. The van der Waals surface area contributed by atoms with Crippen LogP contribution < -0.4 is 5.32 Å². The number of halogens is 1. The molecule has 0 aliphatic carbocycles. The number of hydrogen-bond donors (Lipinski definition) is 2. The summed E-state index contributed by atoms with van der Waals surface area (Å²) in [5, 5.41) is 11.6. The Labute approximate surface area is 91.3 Å². The average molecular weight is 258 g/mol. The van der Waals surface area contributed by atoms with E-state index in [1.165, 1.54) is 0 Å². The van der Waals surface area contributed by atoms with E-state index in [0.717, 1.165) is 10.0 Å². The van der Waals surface area contributed by atoms with Gasteiger partial charge in [0.05, 0.1) is 0 Å². The third-order valence-electron chi connectivity index (χ3n) is 1.98. The Morgan fingerprint density at radius 3 is 2.86 bits per heavy atom. The molecule has 2 N–H and O–H groups in total. The summed E-state index contributed by atoms with van der Waals surface area (Å²) in [4.78, 5) is 10.7. The molecule has 0 spiro atoms. The van der Waals surface area contributed by atoms with Gasteiger partial charge in [0.1, 0.15) is 6.04 Å². The van der Waals surface area contributed by atoms with Crippen LogP contribution in [0.5, 0.6) is 0 Å². The van der Waals surface area contributed by atoms with Gasteiger partial charge in [-0.3, -0.25) is 4.79 Å². The van der Waals surface area contributed by atoms with Crippen LogP contribution in [0.2, 0.25) is 0 Å². The van der Waals surface area contributed by atoms with Crippen molar-refractivity contribution in [2.24, 2.45) is 0 Å². The molecule has 1 rings (SSSR count). The van der Waals surface area contributed by atoms with Gasteiger partial charge in [0.2, 0.25) is 0 Å². The lowest BCUT2D eigenvalue weighted by Crippen LogP contribution is -2.35. The summed E-state index contributed by atoms with van der Waals surface area (Å²) in [5.41, 5.74) is 1.00. The molecule has 0 saturated carbocycles. The van der Waals surface area contributed by atoms with Gasteiger partial charge in [-0.1, -0.05) is 28.1 Å². The maximum absolute atomic E-state index is 10.7. The normalized spacial score (nSPS) is 12.4. The minimum Gasteiger partial charge on any atom is -0.480 e. The van der Waals surface area contributed by atoms with Crippen molar-refractivity contribution in [1.29, 1.82) is 0 Å². The van der Waals surface area contributed by atoms with E-state index >= 15 is 0 Å². The van der Waals surface area contributed by atoms with Crippen molar-refractivity contribution < 1.29 is 9.90 Å². The van der Waals surface area contributed by atoms with E-state index in [4.69, 9.17) is 5.11 Å². The van der Waals surface area contributed by atoms with E-state index in [0.29, 0.717) is 6.42 Å². The summed E-state index contributed by atoms with van der Waals surface area (Å²) < 4.78 is 0.968. The molecule has 0 heterocycles. The predicted molar refractivity (Wildman–Crippen MR) is 58.3 cm³/mol. The summed E-state index contributed by atoms with van der Waals surface area (Å²) in [5.74, 6) is -0.826. The Bertz CT molecular complexity index is 328. The van der Waals surface area contributed by atoms with Crippen LogP contribution in [0.15, 0.2) is 28.7 Å². The Kier molecular flexibility index (Phi) is 4.10. The van der Waals surface area contributed by atoms with Crippen molar-refractivity contribution in [2.45, 2.75) is 12.5 Å². The van der Waals surface area contributed by atoms with Crippen molar-refractivity contribution in [3.8, 4) is 0 Å². The van der Waals surface area contributed by atoms with Gasteiger partial charge in [0.15, 0.2) is 0 Å². The molecule has 3 nitrogen and oxygen atoms in total. The molecule has 14 heavy (non-hydrogen) atoms. The molecule has 0 aliphatic heterocycles. The molecule has 1 aromatic rings. The second-order valence-electron chi connectivity index (χ2n) is 3.01. The zero-order valence-corrected chi connectivity index (χ0v) is 9.41. The van der Waals surface area contributed by atoms with E-state index in [1.54, 1.807) is 7.05 Å². The van der Waals surface area contributed by atoms with E-state index in [9.17, 15) is 4.79 Å². The Balaban J connectivity index is 2.72. The van der Waals surface area contributed by atoms with Gasteiger partial charge in [-0.25, -0.2) is 0 Å². The topological polar surface area (TPSA) is 49.3 Å². The van der Waals surface area contributed by atoms with Gasteiger partial charge in [0.25, 0.3) is 0 Å². The molecule has 0 aliphatic rings. The fraction of sp³-hybridized carbons (Fsp3) is 0.300. The van der Waals surface area contributed by atoms with Crippen LogP contribution in [0, 0.1) is 0 Å². The highest BCUT2D eigenvalue weighted by Gasteiger charge is 2.14. The second kappa shape index (κ2) is 5.12. The van der Waals surface area contributed by atoms with Crippen LogP contribution >= 0.6 is 15.9 Å². The lowest BCUT2D eigenvalue weighted by molar-refractivity contribution is -0.139. The molecule has 0 aromatic heterocycles. The molecule has 1 atom stereocenters. The highest BCUT2D eigenvalue weighted by atomic mass is 79.9. The zero-order valence-electron chi connectivity index (χ0n) is 7.83. The van der Waals surface area contributed by atoms with Crippen LogP contribution in [0.3, 0.4) is 0 Å². The predicted octanol–water partition coefficient (Wildman–Crippen LogP) is 1.66. The third kappa shape index (κ3) is 3.12. The summed E-state index contributed by atoms with van der Waals surface area (Å²) in [6.45, 7) is 0. The van der Waals surface area contributed by atoms with E-state index in [2.05, 4.69) is 21.2 Å². The van der Waals surface area contributed by atoms with Gasteiger partial charge in [-0.05, 0) is 31.2 Å². The number of benzene rings is 1.